The number of aliphatic hydroxyl groups excluding tert-OH is 1. The van der Waals surface area contributed by atoms with E-state index >= 15 is 0 Å². The van der Waals surface area contributed by atoms with Crippen molar-refractivity contribution < 1.29 is 19.4 Å². The molecule has 0 aliphatic carbocycles. The van der Waals surface area contributed by atoms with E-state index in [1.807, 2.05) is 31.2 Å². The van der Waals surface area contributed by atoms with Crippen LogP contribution in [0.15, 0.2) is 46.9 Å². The van der Waals surface area contributed by atoms with E-state index in [9.17, 15) is 15.0 Å². The second kappa shape index (κ2) is 6.23. The van der Waals surface area contributed by atoms with Crippen molar-refractivity contribution in [3.63, 3.8) is 0 Å². The van der Waals surface area contributed by atoms with E-state index < -0.39 is 5.60 Å². The molecule has 2 heterocycles. The van der Waals surface area contributed by atoms with Gasteiger partial charge in [0.2, 0.25) is 5.89 Å². The minimum absolute atomic E-state index is 0.134. The van der Waals surface area contributed by atoms with Crippen LogP contribution in [0.25, 0.3) is 22.6 Å². The summed E-state index contributed by atoms with van der Waals surface area (Å²) in [5, 5.41) is 19.4. The summed E-state index contributed by atoms with van der Waals surface area (Å²) in [7, 11) is 0. The Morgan fingerprint density at radius 2 is 2.15 bits per heavy atom. The lowest BCUT2D eigenvalue weighted by molar-refractivity contribution is -0.00455. The Morgan fingerprint density at radius 3 is 2.92 bits per heavy atom. The highest BCUT2D eigenvalue weighted by atomic mass is 16.3. The maximum Gasteiger partial charge on any atom is 0.253 e. The van der Waals surface area contributed by atoms with Gasteiger partial charge in [-0.2, -0.15) is 0 Å². The van der Waals surface area contributed by atoms with Crippen LogP contribution in [-0.4, -0.2) is 51.3 Å². The number of nitrogens with zero attached hydrogens (tertiary/aromatic N) is 2. The highest BCUT2D eigenvalue weighted by Gasteiger charge is 2.37. The summed E-state index contributed by atoms with van der Waals surface area (Å²) < 4.78 is 5.81. The molecule has 0 saturated carbocycles. The van der Waals surface area contributed by atoms with E-state index in [2.05, 4.69) is 4.98 Å². The van der Waals surface area contributed by atoms with Gasteiger partial charge in [-0.25, -0.2) is 4.98 Å². The first-order valence-corrected chi connectivity index (χ1v) is 8.58. The van der Waals surface area contributed by atoms with Gasteiger partial charge in [0.15, 0.2) is 5.58 Å². The second-order valence-corrected chi connectivity index (χ2v) is 6.93. The first kappa shape index (κ1) is 16.8. The number of rotatable bonds is 3. The lowest BCUT2D eigenvalue weighted by Gasteiger charge is -2.21. The summed E-state index contributed by atoms with van der Waals surface area (Å²) in [4.78, 5) is 18.8. The number of hydrogen-bond acceptors (Lipinski definition) is 5. The largest absolute Gasteiger partial charge is 0.436 e. The van der Waals surface area contributed by atoms with Gasteiger partial charge in [-0.05, 0) is 49.2 Å². The Bertz CT molecular complexity index is 981. The Hall–Kier alpha value is -2.70. The number of hydrogen-bond donors (Lipinski definition) is 2. The molecule has 134 valence electrons. The summed E-state index contributed by atoms with van der Waals surface area (Å²) in [6, 6.07) is 12.9. The van der Waals surface area contributed by atoms with E-state index in [0.29, 0.717) is 30.0 Å². The lowest BCUT2D eigenvalue weighted by atomic mass is 10.1. The van der Waals surface area contributed by atoms with Crippen molar-refractivity contribution >= 4 is 17.0 Å². The van der Waals surface area contributed by atoms with Crippen LogP contribution in [-0.2, 0) is 0 Å². The molecule has 3 aromatic rings. The fraction of sp³-hybridized carbons (Fsp3) is 0.300. The van der Waals surface area contributed by atoms with E-state index in [1.165, 1.54) is 0 Å². The van der Waals surface area contributed by atoms with Crippen LogP contribution >= 0.6 is 0 Å². The van der Waals surface area contributed by atoms with E-state index in [-0.39, 0.29) is 19.1 Å². The number of carbonyl (C=O) groups excluding carboxylic acids is 1. The van der Waals surface area contributed by atoms with Gasteiger partial charge < -0.3 is 19.5 Å². The summed E-state index contributed by atoms with van der Waals surface area (Å²) in [6.45, 7) is 2.20. The molecule has 1 amide bonds. The van der Waals surface area contributed by atoms with Crippen molar-refractivity contribution in [2.45, 2.75) is 18.9 Å². The van der Waals surface area contributed by atoms with Crippen molar-refractivity contribution in [2.24, 2.45) is 0 Å². The van der Waals surface area contributed by atoms with Crippen molar-refractivity contribution in [2.75, 3.05) is 19.7 Å². The molecule has 4 rings (SSSR count). The Labute approximate surface area is 150 Å². The maximum absolute atomic E-state index is 12.7. The van der Waals surface area contributed by atoms with Crippen LogP contribution < -0.4 is 0 Å². The van der Waals surface area contributed by atoms with Crippen LogP contribution in [0.2, 0.25) is 0 Å². The highest BCUT2D eigenvalue weighted by Crippen LogP contribution is 2.27. The molecule has 1 saturated heterocycles. The summed E-state index contributed by atoms with van der Waals surface area (Å²) >= 11 is 0. The Kier molecular flexibility index (Phi) is 4.01. The van der Waals surface area contributed by atoms with E-state index in [0.717, 1.165) is 16.6 Å². The molecule has 1 atom stereocenters. The van der Waals surface area contributed by atoms with Crippen molar-refractivity contribution in [1.29, 1.82) is 0 Å². The van der Waals surface area contributed by atoms with Gasteiger partial charge in [-0.15, -0.1) is 0 Å². The van der Waals surface area contributed by atoms with Gasteiger partial charge in [-0.3, -0.25) is 4.79 Å². The predicted molar refractivity (Wildman–Crippen MR) is 96.7 cm³/mol. The zero-order chi connectivity index (χ0) is 18.3. The maximum atomic E-state index is 12.7. The van der Waals surface area contributed by atoms with Gasteiger partial charge >= 0.3 is 0 Å². The number of fused-ring (bicyclic) bond motifs is 1. The number of aryl methyl sites for hydroxylation is 1. The number of aliphatic hydroxyl groups is 2. The van der Waals surface area contributed by atoms with Gasteiger partial charge in [0.1, 0.15) is 11.1 Å². The van der Waals surface area contributed by atoms with E-state index in [1.54, 1.807) is 23.1 Å². The molecule has 26 heavy (non-hydrogen) atoms. The smallest absolute Gasteiger partial charge is 0.253 e. The molecule has 2 aromatic carbocycles. The molecule has 0 unspecified atom stereocenters. The quantitative estimate of drug-likeness (QED) is 0.756. The molecule has 1 aromatic heterocycles. The normalized spacial score (nSPS) is 20.0. The lowest BCUT2D eigenvalue weighted by Crippen LogP contribution is -2.38. The first-order valence-electron chi connectivity index (χ1n) is 8.58. The Balaban J connectivity index is 1.63. The van der Waals surface area contributed by atoms with Gasteiger partial charge in [0, 0.05) is 17.7 Å². The van der Waals surface area contributed by atoms with Crippen molar-refractivity contribution in [3.8, 4) is 11.5 Å². The van der Waals surface area contributed by atoms with Crippen molar-refractivity contribution in [3.05, 3.63) is 53.6 Å². The number of carbonyl (C=O) groups is 1. The van der Waals surface area contributed by atoms with Crippen LogP contribution in [0.1, 0.15) is 22.3 Å². The highest BCUT2D eigenvalue weighted by molar-refractivity contribution is 5.95. The molecule has 0 bridgehead atoms. The van der Waals surface area contributed by atoms with Gasteiger partial charge in [0.05, 0.1) is 13.2 Å². The third-order valence-electron chi connectivity index (χ3n) is 4.81. The average molecular weight is 352 g/mol. The molecule has 0 spiro atoms. The van der Waals surface area contributed by atoms with Gasteiger partial charge in [-0.1, -0.05) is 12.1 Å². The molecular formula is C20H20N2O4. The number of aromatic nitrogens is 1. The fourth-order valence-electron chi connectivity index (χ4n) is 3.29. The monoisotopic (exact) mass is 352 g/mol. The average Bonchev–Trinajstić information content (AvgIpc) is 3.25. The number of amides is 1. The number of oxazole rings is 1. The minimum Gasteiger partial charge on any atom is -0.436 e. The predicted octanol–water partition coefficient (Wildman–Crippen LogP) is 2.37. The molecule has 1 aliphatic rings. The molecular weight excluding hydrogens is 332 g/mol. The van der Waals surface area contributed by atoms with Crippen LogP contribution in [0.4, 0.5) is 0 Å². The molecule has 1 aliphatic heterocycles. The first-order chi connectivity index (χ1) is 12.5. The van der Waals surface area contributed by atoms with Crippen LogP contribution in [0.5, 0.6) is 0 Å². The van der Waals surface area contributed by atoms with Crippen LogP contribution in [0, 0.1) is 6.92 Å². The summed E-state index contributed by atoms with van der Waals surface area (Å²) in [5.41, 5.74) is 2.61. The number of benzene rings is 2. The minimum atomic E-state index is -1.20. The fourth-order valence-corrected chi connectivity index (χ4v) is 3.29. The molecule has 0 radical (unpaired) electrons. The molecule has 1 fully saturated rings. The zero-order valence-corrected chi connectivity index (χ0v) is 14.5. The molecule has 2 N–H and O–H groups in total. The summed E-state index contributed by atoms with van der Waals surface area (Å²) in [5.74, 6) is 0.289. The Morgan fingerprint density at radius 1 is 1.31 bits per heavy atom. The van der Waals surface area contributed by atoms with E-state index in [4.69, 9.17) is 4.42 Å². The van der Waals surface area contributed by atoms with Gasteiger partial charge in [0.25, 0.3) is 5.91 Å². The third kappa shape index (κ3) is 2.98. The third-order valence-corrected chi connectivity index (χ3v) is 4.81. The van der Waals surface area contributed by atoms with Crippen LogP contribution in [0.3, 0.4) is 0 Å². The number of β-amino-alcohol motifs (C(OH)–C–C–N with tert-alkyl or cyclic N) is 1. The topological polar surface area (TPSA) is 86.8 Å². The SMILES string of the molecule is Cc1ccc2oc(-c3cccc(C(=O)N4CC[C@@](O)(CO)C4)c3)nc2c1. The number of likely N-dealkylation sites (tertiary alicyclic amines) is 1. The second-order valence-electron chi connectivity index (χ2n) is 6.93. The standard InChI is InChI=1S/C20H20N2O4/c1-13-5-6-17-16(9-13)21-18(26-17)14-3-2-4-15(10-14)19(24)22-8-7-20(25,11-22)12-23/h2-6,9-10,23,25H,7-8,11-12H2,1H3/t20-/m0/s1. The molecule has 6 nitrogen and oxygen atoms in total. The molecule has 6 heteroatoms. The van der Waals surface area contributed by atoms with Crippen molar-refractivity contribution in [1.82, 2.24) is 9.88 Å². The zero-order valence-electron chi connectivity index (χ0n) is 14.5. The summed E-state index contributed by atoms with van der Waals surface area (Å²) in [6.07, 6.45) is 0.374.